The first kappa shape index (κ1) is 12.7. The lowest BCUT2D eigenvalue weighted by Crippen LogP contribution is -2.01. The second kappa shape index (κ2) is 5.33. The molecule has 3 rings (SSSR count). The highest BCUT2D eigenvalue weighted by molar-refractivity contribution is 9.10. The second-order valence-electron chi connectivity index (χ2n) is 4.89. The summed E-state index contributed by atoms with van der Waals surface area (Å²) in [6.45, 7) is 5.28. The molecule has 5 heteroatoms. The van der Waals surface area contributed by atoms with Crippen molar-refractivity contribution in [3.63, 3.8) is 0 Å². The highest BCUT2D eigenvalue weighted by Gasteiger charge is 2.23. The summed E-state index contributed by atoms with van der Waals surface area (Å²) < 4.78 is 8.57. The van der Waals surface area contributed by atoms with E-state index in [9.17, 15) is 0 Å². The number of nitrogens with zero attached hydrogens (tertiary/aromatic N) is 3. The van der Waals surface area contributed by atoms with Crippen LogP contribution in [0.2, 0.25) is 0 Å². The standard InChI is InChI=1S/C14H16BrN3O/c1-2-3-8-19-12-7-6-11-14(13(12)15)16-17-18(11)9-10-4-5-10/h2,6-7,10H,1,3-5,8-9H2. The van der Waals surface area contributed by atoms with Gasteiger partial charge in [0.05, 0.1) is 16.6 Å². The molecule has 4 nitrogen and oxygen atoms in total. The number of hydrogen-bond acceptors (Lipinski definition) is 3. The van der Waals surface area contributed by atoms with Gasteiger partial charge < -0.3 is 4.74 Å². The minimum atomic E-state index is 0.629. The Hall–Kier alpha value is -1.36. The molecule has 1 saturated carbocycles. The molecule has 1 heterocycles. The summed E-state index contributed by atoms with van der Waals surface area (Å²) in [5, 5.41) is 8.49. The summed E-state index contributed by atoms with van der Waals surface area (Å²) >= 11 is 3.56. The zero-order chi connectivity index (χ0) is 13.2. The van der Waals surface area contributed by atoms with E-state index in [1.165, 1.54) is 12.8 Å². The van der Waals surface area contributed by atoms with Crippen LogP contribution in [0.4, 0.5) is 0 Å². The average molecular weight is 322 g/mol. The van der Waals surface area contributed by atoms with Crippen molar-refractivity contribution in [1.82, 2.24) is 15.0 Å². The molecule has 0 radical (unpaired) electrons. The van der Waals surface area contributed by atoms with E-state index in [1.54, 1.807) is 0 Å². The molecule has 2 aromatic rings. The van der Waals surface area contributed by atoms with Crippen molar-refractivity contribution in [3.8, 4) is 5.75 Å². The molecule has 1 fully saturated rings. The van der Waals surface area contributed by atoms with Crippen molar-refractivity contribution in [2.24, 2.45) is 5.92 Å². The molecular weight excluding hydrogens is 306 g/mol. The lowest BCUT2D eigenvalue weighted by molar-refractivity contribution is 0.323. The molecule has 1 aromatic carbocycles. The molecule has 1 aliphatic carbocycles. The van der Waals surface area contributed by atoms with Crippen molar-refractivity contribution in [2.75, 3.05) is 6.61 Å². The van der Waals surface area contributed by atoms with Gasteiger partial charge in [0.2, 0.25) is 0 Å². The first-order chi connectivity index (χ1) is 9.29. The lowest BCUT2D eigenvalue weighted by Gasteiger charge is -2.07. The van der Waals surface area contributed by atoms with Gasteiger partial charge in [-0.05, 0) is 53.2 Å². The minimum Gasteiger partial charge on any atom is -0.492 e. The summed E-state index contributed by atoms with van der Waals surface area (Å²) in [6.07, 6.45) is 5.30. The fraction of sp³-hybridized carbons (Fsp3) is 0.429. The van der Waals surface area contributed by atoms with Crippen LogP contribution >= 0.6 is 15.9 Å². The Morgan fingerprint density at radius 3 is 3.05 bits per heavy atom. The van der Waals surface area contributed by atoms with Crippen LogP contribution in [-0.2, 0) is 6.54 Å². The number of fused-ring (bicyclic) bond motifs is 1. The smallest absolute Gasteiger partial charge is 0.135 e. The number of rotatable bonds is 6. The molecule has 19 heavy (non-hydrogen) atoms. The maximum atomic E-state index is 5.69. The Morgan fingerprint density at radius 1 is 1.47 bits per heavy atom. The van der Waals surface area contributed by atoms with Crippen LogP contribution in [0.15, 0.2) is 29.3 Å². The van der Waals surface area contributed by atoms with Gasteiger partial charge in [-0.3, -0.25) is 0 Å². The first-order valence-electron chi connectivity index (χ1n) is 6.55. The zero-order valence-electron chi connectivity index (χ0n) is 10.7. The van der Waals surface area contributed by atoms with Crippen LogP contribution < -0.4 is 4.74 Å². The van der Waals surface area contributed by atoms with Gasteiger partial charge in [-0.25, -0.2) is 4.68 Å². The fourth-order valence-corrected chi connectivity index (χ4v) is 2.56. The van der Waals surface area contributed by atoms with Gasteiger partial charge in [-0.15, -0.1) is 11.7 Å². The Bertz CT molecular complexity index is 604. The molecule has 100 valence electrons. The molecule has 0 unspecified atom stereocenters. The minimum absolute atomic E-state index is 0.629. The molecule has 0 saturated heterocycles. The second-order valence-corrected chi connectivity index (χ2v) is 5.68. The quantitative estimate of drug-likeness (QED) is 0.603. The summed E-state index contributed by atoms with van der Waals surface area (Å²) in [5.41, 5.74) is 1.94. The number of aromatic nitrogens is 3. The molecule has 0 atom stereocenters. The fourth-order valence-electron chi connectivity index (χ4n) is 2.03. The van der Waals surface area contributed by atoms with Crippen LogP contribution in [0, 0.1) is 5.92 Å². The average Bonchev–Trinajstić information content (AvgIpc) is 3.13. The third kappa shape index (κ3) is 2.66. The van der Waals surface area contributed by atoms with Crippen molar-refractivity contribution in [3.05, 3.63) is 29.3 Å². The van der Waals surface area contributed by atoms with Gasteiger partial charge in [0.25, 0.3) is 0 Å². The molecule has 1 aliphatic rings. The third-order valence-corrected chi connectivity index (χ3v) is 4.06. The zero-order valence-corrected chi connectivity index (χ0v) is 12.3. The Balaban J connectivity index is 1.86. The van der Waals surface area contributed by atoms with Crippen LogP contribution in [0.1, 0.15) is 19.3 Å². The van der Waals surface area contributed by atoms with Gasteiger partial charge in [0.1, 0.15) is 11.3 Å². The van der Waals surface area contributed by atoms with E-state index in [0.29, 0.717) is 6.61 Å². The van der Waals surface area contributed by atoms with Gasteiger partial charge >= 0.3 is 0 Å². The number of benzene rings is 1. The van der Waals surface area contributed by atoms with E-state index in [0.717, 1.165) is 40.1 Å². The third-order valence-electron chi connectivity index (χ3n) is 3.30. The molecule has 1 aromatic heterocycles. The van der Waals surface area contributed by atoms with Crippen LogP contribution in [0.3, 0.4) is 0 Å². The van der Waals surface area contributed by atoms with E-state index in [4.69, 9.17) is 4.74 Å². The highest BCUT2D eigenvalue weighted by atomic mass is 79.9. The highest BCUT2D eigenvalue weighted by Crippen LogP contribution is 2.34. The molecule has 0 spiro atoms. The molecular formula is C14H16BrN3O. The van der Waals surface area contributed by atoms with E-state index < -0.39 is 0 Å². The largest absolute Gasteiger partial charge is 0.492 e. The van der Waals surface area contributed by atoms with Gasteiger partial charge in [0, 0.05) is 6.54 Å². The van der Waals surface area contributed by atoms with Crippen molar-refractivity contribution >= 4 is 27.0 Å². The van der Waals surface area contributed by atoms with Crippen molar-refractivity contribution in [2.45, 2.75) is 25.8 Å². The van der Waals surface area contributed by atoms with E-state index in [2.05, 4.69) is 32.8 Å². The maximum absolute atomic E-state index is 5.69. The van der Waals surface area contributed by atoms with E-state index in [1.807, 2.05) is 22.9 Å². The number of halogens is 1. The van der Waals surface area contributed by atoms with Crippen LogP contribution in [0.5, 0.6) is 5.75 Å². The number of ether oxygens (including phenoxy) is 1. The number of hydrogen-bond donors (Lipinski definition) is 0. The van der Waals surface area contributed by atoms with Crippen molar-refractivity contribution in [1.29, 1.82) is 0 Å². The topological polar surface area (TPSA) is 39.9 Å². The van der Waals surface area contributed by atoms with E-state index in [-0.39, 0.29) is 0 Å². The maximum Gasteiger partial charge on any atom is 0.135 e. The Kier molecular flexibility index (Phi) is 3.55. The monoisotopic (exact) mass is 321 g/mol. The summed E-state index contributed by atoms with van der Waals surface area (Å²) in [4.78, 5) is 0. The predicted molar refractivity (Wildman–Crippen MR) is 78.3 cm³/mol. The molecule has 0 bridgehead atoms. The van der Waals surface area contributed by atoms with Gasteiger partial charge in [-0.2, -0.15) is 0 Å². The summed E-state index contributed by atoms with van der Waals surface area (Å²) in [6, 6.07) is 4.01. The summed E-state index contributed by atoms with van der Waals surface area (Å²) in [5.74, 6) is 1.60. The first-order valence-corrected chi connectivity index (χ1v) is 7.34. The van der Waals surface area contributed by atoms with Gasteiger partial charge in [0.15, 0.2) is 0 Å². The lowest BCUT2D eigenvalue weighted by atomic mass is 10.3. The Labute approximate surface area is 120 Å². The predicted octanol–water partition coefficient (Wildman–Crippen LogP) is 3.56. The molecule has 0 N–H and O–H groups in total. The normalized spacial score (nSPS) is 14.8. The molecule has 0 amide bonds. The SMILES string of the molecule is C=CCCOc1ccc2c(nnn2CC2CC2)c1Br. The molecule has 0 aliphatic heterocycles. The van der Waals surface area contributed by atoms with Gasteiger partial charge in [-0.1, -0.05) is 11.3 Å². The van der Waals surface area contributed by atoms with Crippen LogP contribution in [0.25, 0.3) is 11.0 Å². The Morgan fingerprint density at radius 2 is 2.32 bits per heavy atom. The van der Waals surface area contributed by atoms with Crippen molar-refractivity contribution < 1.29 is 4.74 Å². The van der Waals surface area contributed by atoms with E-state index >= 15 is 0 Å². The summed E-state index contributed by atoms with van der Waals surface area (Å²) in [7, 11) is 0. The van der Waals surface area contributed by atoms with Crippen LogP contribution in [-0.4, -0.2) is 21.6 Å².